The van der Waals surface area contributed by atoms with Gasteiger partial charge in [-0.1, -0.05) is 41.9 Å². The van der Waals surface area contributed by atoms with Gasteiger partial charge in [0, 0.05) is 11.1 Å². The van der Waals surface area contributed by atoms with Crippen LogP contribution in [-0.4, -0.2) is 6.04 Å². The second-order valence-corrected chi connectivity index (χ2v) is 5.27. The third kappa shape index (κ3) is 3.79. The molecule has 0 aliphatic heterocycles. The maximum absolute atomic E-state index is 13.7. The van der Waals surface area contributed by atoms with Gasteiger partial charge in [0.15, 0.2) is 0 Å². The fraction of sp³-hybridized carbons (Fsp3) is 0.250. The van der Waals surface area contributed by atoms with E-state index < -0.39 is 0 Å². The normalized spacial score (nSPS) is 12.4. The van der Waals surface area contributed by atoms with Crippen molar-refractivity contribution >= 4 is 11.6 Å². The molecule has 19 heavy (non-hydrogen) atoms. The average Bonchev–Trinajstić information content (AvgIpc) is 2.36. The summed E-state index contributed by atoms with van der Waals surface area (Å²) in [7, 11) is 0. The molecule has 0 heterocycles. The van der Waals surface area contributed by atoms with Gasteiger partial charge in [0.05, 0.1) is 0 Å². The summed E-state index contributed by atoms with van der Waals surface area (Å²) >= 11 is 5.73. The SMILES string of the molecule is Cc1ccccc1CC(N)Cc1ccc(Cl)cc1F. The van der Waals surface area contributed by atoms with Crippen LogP contribution in [0.2, 0.25) is 5.02 Å². The molecular weight excluding hydrogens is 261 g/mol. The van der Waals surface area contributed by atoms with Crippen LogP contribution < -0.4 is 5.73 Å². The number of hydrogen-bond donors (Lipinski definition) is 1. The Morgan fingerprint density at radius 2 is 1.79 bits per heavy atom. The molecule has 1 nitrogen and oxygen atoms in total. The lowest BCUT2D eigenvalue weighted by molar-refractivity contribution is 0.583. The van der Waals surface area contributed by atoms with Crippen LogP contribution in [0.4, 0.5) is 4.39 Å². The van der Waals surface area contributed by atoms with Gasteiger partial charge < -0.3 is 5.73 Å². The molecule has 0 radical (unpaired) electrons. The highest BCUT2D eigenvalue weighted by Gasteiger charge is 2.10. The number of hydrogen-bond acceptors (Lipinski definition) is 1. The van der Waals surface area contributed by atoms with Crippen molar-refractivity contribution < 1.29 is 4.39 Å². The minimum absolute atomic E-state index is 0.100. The second kappa shape index (κ2) is 6.18. The third-order valence-corrected chi connectivity index (χ3v) is 3.48. The van der Waals surface area contributed by atoms with E-state index >= 15 is 0 Å². The molecule has 100 valence electrons. The predicted molar refractivity (Wildman–Crippen MR) is 78.0 cm³/mol. The van der Waals surface area contributed by atoms with E-state index in [0.717, 1.165) is 6.42 Å². The number of aryl methyl sites for hydroxylation is 1. The Morgan fingerprint density at radius 1 is 1.11 bits per heavy atom. The van der Waals surface area contributed by atoms with Gasteiger partial charge in [0.25, 0.3) is 0 Å². The Balaban J connectivity index is 2.05. The van der Waals surface area contributed by atoms with Crippen molar-refractivity contribution in [3.05, 3.63) is 70.0 Å². The predicted octanol–water partition coefficient (Wildman–Crippen LogP) is 3.90. The number of rotatable bonds is 4. The summed E-state index contributed by atoms with van der Waals surface area (Å²) in [5, 5.41) is 0.411. The van der Waals surface area contributed by atoms with Crippen molar-refractivity contribution in [2.24, 2.45) is 5.73 Å². The van der Waals surface area contributed by atoms with Crippen LogP contribution in [0.25, 0.3) is 0 Å². The minimum Gasteiger partial charge on any atom is -0.327 e. The first-order chi connectivity index (χ1) is 9.06. The Morgan fingerprint density at radius 3 is 2.47 bits per heavy atom. The molecule has 1 unspecified atom stereocenters. The van der Waals surface area contributed by atoms with Gasteiger partial charge in [0.1, 0.15) is 5.82 Å². The third-order valence-electron chi connectivity index (χ3n) is 3.24. The summed E-state index contributed by atoms with van der Waals surface area (Å²) in [5.41, 5.74) is 9.16. The van der Waals surface area contributed by atoms with Gasteiger partial charge in [-0.05, 0) is 48.6 Å². The molecule has 0 saturated carbocycles. The summed E-state index contributed by atoms with van der Waals surface area (Å²) in [6.45, 7) is 2.06. The van der Waals surface area contributed by atoms with E-state index in [4.69, 9.17) is 17.3 Å². The molecule has 2 N–H and O–H groups in total. The second-order valence-electron chi connectivity index (χ2n) is 4.83. The molecule has 0 spiro atoms. The van der Waals surface area contributed by atoms with Gasteiger partial charge in [-0.15, -0.1) is 0 Å². The van der Waals surface area contributed by atoms with Crippen molar-refractivity contribution in [2.45, 2.75) is 25.8 Å². The molecule has 2 rings (SSSR count). The zero-order chi connectivity index (χ0) is 13.8. The van der Waals surface area contributed by atoms with Gasteiger partial charge >= 0.3 is 0 Å². The topological polar surface area (TPSA) is 26.0 Å². The molecule has 2 aromatic carbocycles. The van der Waals surface area contributed by atoms with Gasteiger partial charge in [-0.25, -0.2) is 4.39 Å². The van der Waals surface area contributed by atoms with E-state index in [-0.39, 0.29) is 11.9 Å². The van der Waals surface area contributed by atoms with Gasteiger partial charge in [0.2, 0.25) is 0 Å². The molecule has 0 aromatic heterocycles. The molecular formula is C16H17ClFN. The Kier molecular flexibility index (Phi) is 4.56. The lowest BCUT2D eigenvalue weighted by Gasteiger charge is -2.14. The first kappa shape index (κ1) is 14.0. The quantitative estimate of drug-likeness (QED) is 0.901. The zero-order valence-electron chi connectivity index (χ0n) is 10.9. The monoisotopic (exact) mass is 277 g/mol. The molecule has 0 aliphatic rings. The van der Waals surface area contributed by atoms with Crippen molar-refractivity contribution in [3.63, 3.8) is 0 Å². The number of benzene rings is 2. The standard InChI is InChI=1S/C16H17ClFN/c1-11-4-2-3-5-12(11)8-15(19)9-13-6-7-14(17)10-16(13)18/h2-7,10,15H,8-9,19H2,1H3. The van der Waals surface area contributed by atoms with E-state index in [0.29, 0.717) is 17.0 Å². The zero-order valence-corrected chi connectivity index (χ0v) is 11.6. The summed E-state index contributed by atoms with van der Waals surface area (Å²) in [6.07, 6.45) is 1.26. The maximum Gasteiger partial charge on any atom is 0.127 e. The molecule has 0 fully saturated rings. The van der Waals surface area contributed by atoms with Crippen molar-refractivity contribution in [1.82, 2.24) is 0 Å². The highest BCUT2D eigenvalue weighted by molar-refractivity contribution is 6.30. The molecule has 3 heteroatoms. The number of nitrogens with two attached hydrogens (primary N) is 1. The van der Waals surface area contributed by atoms with Crippen LogP contribution >= 0.6 is 11.6 Å². The Bertz CT molecular complexity index is 568. The molecule has 1 atom stereocenters. The molecule has 2 aromatic rings. The lowest BCUT2D eigenvalue weighted by atomic mass is 9.97. The highest BCUT2D eigenvalue weighted by Crippen LogP contribution is 2.17. The van der Waals surface area contributed by atoms with Crippen molar-refractivity contribution in [1.29, 1.82) is 0 Å². The van der Waals surface area contributed by atoms with E-state index in [2.05, 4.69) is 19.1 Å². The molecule has 0 aliphatic carbocycles. The summed E-state index contributed by atoms with van der Waals surface area (Å²) in [6, 6.07) is 12.8. The fourth-order valence-electron chi connectivity index (χ4n) is 2.16. The van der Waals surface area contributed by atoms with E-state index in [1.165, 1.54) is 17.2 Å². The summed E-state index contributed by atoms with van der Waals surface area (Å²) in [4.78, 5) is 0. The van der Waals surface area contributed by atoms with Crippen LogP contribution in [0.5, 0.6) is 0 Å². The molecule has 0 saturated heterocycles. The van der Waals surface area contributed by atoms with Crippen molar-refractivity contribution in [3.8, 4) is 0 Å². The summed E-state index contributed by atoms with van der Waals surface area (Å²) < 4.78 is 13.7. The van der Waals surface area contributed by atoms with Crippen LogP contribution in [0.1, 0.15) is 16.7 Å². The van der Waals surface area contributed by atoms with Gasteiger partial charge in [-0.2, -0.15) is 0 Å². The van der Waals surface area contributed by atoms with Crippen LogP contribution in [0.15, 0.2) is 42.5 Å². The van der Waals surface area contributed by atoms with E-state index in [9.17, 15) is 4.39 Å². The Hall–Kier alpha value is -1.38. The minimum atomic E-state index is -0.285. The van der Waals surface area contributed by atoms with Crippen molar-refractivity contribution in [2.75, 3.05) is 0 Å². The largest absolute Gasteiger partial charge is 0.327 e. The first-order valence-electron chi connectivity index (χ1n) is 6.30. The van der Waals surface area contributed by atoms with E-state index in [1.54, 1.807) is 12.1 Å². The van der Waals surface area contributed by atoms with Gasteiger partial charge in [-0.3, -0.25) is 0 Å². The first-order valence-corrected chi connectivity index (χ1v) is 6.68. The summed E-state index contributed by atoms with van der Waals surface area (Å²) in [5.74, 6) is -0.285. The smallest absolute Gasteiger partial charge is 0.127 e. The Labute approximate surface area is 118 Å². The fourth-order valence-corrected chi connectivity index (χ4v) is 2.32. The average molecular weight is 278 g/mol. The lowest BCUT2D eigenvalue weighted by Crippen LogP contribution is -2.26. The van der Waals surface area contributed by atoms with Crippen LogP contribution in [0, 0.1) is 12.7 Å². The maximum atomic E-state index is 13.7. The molecule has 0 amide bonds. The highest BCUT2D eigenvalue weighted by atomic mass is 35.5. The van der Waals surface area contributed by atoms with Crippen LogP contribution in [0.3, 0.4) is 0 Å². The molecule has 0 bridgehead atoms. The number of halogens is 2. The van der Waals surface area contributed by atoms with Crippen LogP contribution in [-0.2, 0) is 12.8 Å². The van der Waals surface area contributed by atoms with E-state index in [1.807, 2.05) is 12.1 Å².